The number of nitrogens with one attached hydrogen (secondary N) is 1. The van der Waals surface area contributed by atoms with Crippen LogP contribution in [0.4, 0.5) is 0 Å². The molecule has 0 amide bonds. The molecule has 3 aliphatic carbocycles. The normalized spacial score (nSPS) is 39.7. The van der Waals surface area contributed by atoms with Crippen molar-refractivity contribution in [3.63, 3.8) is 0 Å². The van der Waals surface area contributed by atoms with Crippen LogP contribution in [-0.4, -0.2) is 12.1 Å². The van der Waals surface area contributed by atoms with Gasteiger partial charge in [0.15, 0.2) is 0 Å². The van der Waals surface area contributed by atoms with Gasteiger partial charge in [0.1, 0.15) is 0 Å². The predicted octanol–water partition coefficient (Wildman–Crippen LogP) is 3.51. The molecule has 0 saturated heterocycles. The summed E-state index contributed by atoms with van der Waals surface area (Å²) in [5.41, 5.74) is 0. The number of fused-ring (bicyclic) bond motifs is 2. The molecule has 2 fully saturated rings. The summed E-state index contributed by atoms with van der Waals surface area (Å²) in [6.45, 7) is 2.39. The Hall–Kier alpha value is -0.300. The molecular weight excluding hydrogens is 194 g/mol. The maximum absolute atomic E-state index is 3.80. The van der Waals surface area contributed by atoms with E-state index in [2.05, 4.69) is 24.4 Å². The standard InChI is InChI=1S/C15H25N/c1-11(16-15-4-2-3-5-15)8-14-10-12-6-7-13(14)9-12/h2-3,11-16H,4-10H2,1H3. The Kier molecular flexibility index (Phi) is 3.06. The van der Waals surface area contributed by atoms with Crippen molar-refractivity contribution in [3.8, 4) is 0 Å². The monoisotopic (exact) mass is 219 g/mol. The lowest BCUT2D eigenvalue weighted by atomic mass is 9.84. The minimum absolute atomic E-state index is 0.731. The molecule has 0 aromatic carbocycles. The fourth-order valence-corrected chi connectivity index (χ4v) is 4.34. The minimum atomic E-state index is 0.731. The Morgan fingerprint density at radius 1 is 1.19 bits per heavy atom. The summed E-state index contributed by atoms with van der Waals surface area (Å²) in [5.74, 6) is 3.25. The van der Waals surface area contributed by atoms with Gasteiger partial charge in [0.25, 0.3) is 0 Å². The third kappa shape index (κ3) is 2.20. The zero-order valence-corrected chi connectivity index (χ0v) is 10.5. The van der Waals surface area contributed by atoms with Gasteiger partial charge in [0, 0.05) is 12.1 Å². The summed E-state index contributed by atoms with van der Waals surface area (Å²) in [6.07, 6.45) is 14.7. The molecule has 1 nitrogen and oxygen atoms in total. The van der Waals surface area contributed by atoms with Gasteiger partial charge in [0.2, 0.25) is 0 Å². The van der Waals surface area contributed by atoms with Gasteiger partial charge in [0.05, 0.1) is 0 Å². The van der Waals surface area contributed by atoms with Gasteiger partial charge in [-0.3, -0.25) is 0 Å². The first kappa shape index (κ1) is 10.8. The Morgan fingerprint density at radius 2 is 2.00 bits per heavy atom. The fraction of sp³-hybridized carbons (Fsp3) is 0.867. The third-order valence-corrected chi connectivity index (χ3v) is 5.07. The molecule has 1 heteroatoms. The number of hydrogen-bond acceptors (Lipinski definition) is 1. The van der Waals surface area contributed by atoms with Crippen molar-refractivity contribution in [3.05, 3.63) is 12.2 Å². The van der Waals surface area contributed by atoms with E-state index in [1.165, 1.54) is 32.1 Å². The summed E-state index contributed by atoms with van der Waals surface area (Å²) in [6, 6.07) is 1.47. The summed E-state index contributed by atoms with van der Waals surface area (Å²) < 4.78 is 0. The molecule has 3 aliphatic rings. The number of rotatable bonds is 4. The van der Waals surface area contributed by atoms with Crippen molar-refractivity contribution in [1.82, 2.24) is 5.32 Å². The first-order valence-electron chi connectivity index (χ1n) is 7.22. The first-order valence-corrected chi connectivity index (χ1v) is 7.22. The molecular formula is C15H25N. The molecule has 1 N–H and O–H groups in total. The van der Waals surface area contributed by atoms with E-state index in [4.69, 9.17) is 0 Å². The smallest absolute Gasteiger partial charge is 0.0138 e. The van der Waals surface area contributed by atoms with E-state index in [-0.39, 0.29) is 0 Å². The quantitative estimate of drug-likeness (QED) is 0.713. The fourth-order valence-electron chi connectivity index (χ4n) is 4.34. The molecule has 0 aromatic rings. The van der Waals surface area contributed by atoms with Gasteiger partial charge < -0.3 is 5.32 Å². The second-order valence-electron chi connectivity index (χ2n) is 6.38. The van der Waals surface area contributed by atoms with Crippen molar-refractivity contribution in [2.24, 2.45) is 17.8 Å². The minimum Gasteiger partial charge on any atom is -0.311 e. The maximum atomic E-state index is 3.80. The molecule has 4 unspecified atom stereocenters. The lowest BCUT2D eigenvalue weighted by molar-refractivity contribution is 0.275. The highest BCUT2D eigenvalue weighted by Gasteiger charge is 2.39. The largest absolute Gasteiger partial charge is 0.311 e. The SMILES string of the molecule is CC(CC1CC2CCC1C2)NC1CC=CC1. The van der Waals surface area contributed by atoms with Gasteiger partial charge >= 0.3 is 0 Å². The topological polar surface area (TPSA) is 12.0 Å². The molecule has 90 valence electrons. The molecule has 0 radical (unpaired) electrons. The van der Waals surface area contributed by atoms with Crippen molar-refractivity contribution >= 4 is 0 Å². The average molecular weight is 219 g/mol. The van der Waals surface area contributed by atoms with Crippen LogP contribution < -0.4 is 5.32 Å². The first-order chi connectivity index (χ1) is 7.81. The van der Waals surface area contributed by atoms with E-state index < -0.39 is 0 Å². The van der Waals surface area contributed by atoms with Crippen molar-refractivity contribution in [1.29, 1.82) is 0 Å². The molecule has 4 atom stereocenters. The Labute approximate surface area is 99.7 Å². The highest BCUT2D eigenvalue weighted by Crippen LogP contribution is 2.49. The Bertz CT molecular complexity index is 263. The molecule has 2 bridgehead atoms. The van der Waals surface area contributed by atoms with Crippen LogP contribution in [0.15, 0.2) is 12.2 Å². The summed E-state index contributed by atoms with van der Waals surface area (Å²) in [4.78, 5) is 0. The molecule has 0 spiro atoms. The summed E-state index contributed by atoms with van der Waals surface area (Å²) >= 11 is 0. The maximum Gasteiger partial charge on any atom is 0.0138 e. The van der Waals surface area contributed by atoms with Gasteiger partial charge in [-0.15, -0.1) is 0 Å². The van der Waals surface area contributed by atoms with Crippen LogP contribution in [0.5, 0.6) is 0 Å². The van der Waals surface area contributed by atoms with Crippen LogP contribution in [0, 0.1) is 17.8 Å². The summed E-state index contributed by atoms with van der Waals surface area (Å²) in [5, 5.41) is 3.80. The van der Waals surface area contributed by atoms with E-state index in [0.717, 1.165) is 29.8 Å². The van der Waals surface area contributed by atoms with Crippen LogP contribution in [-0.2, 0) is 0 Å². The van der Waals surface area contributed by atoms with E-state index >= 15 is 0 Å². The lowest BCUT2D eigenvalue weighted by Gasteiger charge is -2.27. The molecule has 2 saturated carbocycles. The second kappa shape index (κ2) is 4.52. The average Bonchev–Trinajstić information content (AvgIpc) is 2.92. The number of hydrogen-bond donors (Lipinski definition) is 1. The van der Waals surface area contributed by atoms with Crippen LogP contribution in [0.1, 0.15) is 51.9 Å². The highest BCUT2D eigenvalue weighted by molar-refractivity contribution is 4.99. The van der Waals surface area contributed by atoms with Crippen molar-refractivity contribution in [2.45, 2.75) is 64.0 Å². The van der Waals surface area contributed by atoms with Crippen LogP contribution in [0.25, 0.3) is 0 Å². The van der Waals surface area contributed by atoms with Crippen molar-refractivity contribution < 1.29 is 0 Å². The van der Waals surface area contributed by atoms with E-state index in [9.17, 15) is 0 Å². The van der Waals surface area contributed by atoms with E-state index in [0.29, 0.717) is 0 Å². The van der Waals surface area contributed by atoms with E-state index in [1.54, 1.807) is 12.8 Å². The zero-order valence-electron chi connectivity index (χ0n) is 10.5. The van der Waals surface area contributed by atoms with Gasteiger partial charge in [-0.1, -0.05) is 18.6 Å². The third-order valence-electron chi connectivity index (χ3n) is 5.07. The Morgan fingerprint density at radius 3 is 2.62 bits per heavy atom. The predicted molar refractivity (Wildman–Crippen MR) is 68.3 cm³/mol. The van der Waals surface area contributed by atoms with Crippen LogP contribution in [0.2, 0.25) is 0 Å². The second-order valence-corrected chi connectivity index (χ2v) is 6.38. The van der Waals surface area contributed by atoms with Gasteiger partial charge in [-0.05, 0) is 63.2 Å². The van der Waals surface area contributed by atoms with E-state index in [1.807, 2.05) is 0 Å². The molecule has 0 heterocycles. The molecule has 0 aromatic heterocycles. The Balaban J connectivity index is 1.44. The highest BCUT2D eigenvalue weighted by atomic mass is 14.9. The molecule has 16 heavy (non-hydrogen) atoms. The molecule has 0 aliphatic heterocycles. The summed E-state index contributed by atoms with van der Waals surface area (Å²) in [7, 11) is 0. The zero-order chi connectivity index (χ0) is 11.0. The van der Waals surface area contributed by atoms with Gasteiger partial charge in [-0.25, -0.2) is 0 Å². The lowest BCUT2D eigenvalue weighted by Crippen LogP contribution is -2.36. The molecule has 3 rings (SSSR count). The van der Waals surface area contributed by atoms with Crippen LogP contribution in [0.3, 0.4) is 0 Å². The van der Waals surface area contributed by atoms with Crippen molar-refractivity contribution in [2.75, 3.05) is 0 Å². The van der Waals surface area contributed by atoms with Gasteiger partial charge in [-0.2, -0.15) is 0 Å². The van der Waals surface area contributed by atoms with Crippen LogP contribution >= 0.6 is 0 Å².